The molecule has 1 aromatic heterocycles. The van der Waals surface area contributed by atoms with Gasteiger partial charge in [-0.3, -0.25) is 0 Å². The van der Waals surface area contributed by atoms with E-state index in [-0.39, 0.29) is 17.8 Å². The quantitative estimate of drug-likeness (QED) is 0.410. The lowest BCUT2D eigenvalue weighted by molar-refractivity contribution is 0.0468. The van der Waals surface area contributed by atoms with Gasteiger partial charge in [0.2, 0.25) is 0 Å². The Kier molecular flexibility index (Phi) is 11.1. The van der Waals surface area contributed by atoms with Crippen molar-refractivity contribution in [2.45, 2.75) is 85.9 Å². The standard InChI is InChI=1S/C22H32N6O2S.C2H6/c1-14-10-20(31-27-14)25-17(4)19(11-23)24-12-16(3)28-13-18(9-8-15(28)2)26-21(29)30-22(5,6)7;1-2/h10,12,15,18,25H,3,8-9,13H2,1-2,4-7H3,(H,26,29);1-2H3/b19-17+,24-12?;. The average molecular weight is 475 g/mol. The Balaban J connectivity index is 0.00000265. The van der Waals surface area contributed by atoms with Crippen LogP contribution in [0.4, 0.5) is 9.80 Å². The van der Waals surface area contributed by atoms with E-state index >= 15 is 0 Å². The number of allylic oxidation sites excluding steroid dienone is 3. The molecule has 1 aliphatic rings. The number of hydrogen-bond acceptors (Lipinski definition) is 8. The summed E-state index contributed by atoms with van der Waals surface area (Å²) >= 11 is 1.33. The number of piperidine rings is 1. The second kappa shape index (κ2) is 13.0. The number of hydrogen-bond donors (Lipinski definition) is 2. The van der Waals surface area contributed by atoms with Gasteiger partial charge in [0.25, 0.3) is 0 Å². The minimum absolute atomic E-state index is 0.0415. The second-order valence-corrected chi connectivity index (χ2v) is 9.52. The molecule has 2 unspecified atom stereocenters. The molecule has 1 aliphatic heterocycles. The first-order valence-corrected chi connectivity index (χ1v) is 12.1. The average Bonchev–Trinajstić information content (AvgIpc) is 3.14. The predicted octanol–water partition coefficient (Wildman–Crippen LogP) is 5.61. The molecule has 2 rings (SSSR count). The van der Waals surface area contributed by atoms with Crippen LogP contribution in [0, 0.1) is 18.3 Å². The van der Waals surface area contributed by atoms with Gasteiger partial charge in [0.1, 0.15) is 16.7 Å². The lowest BCUT2D eigenvalue weighted by Gasteiger charge is -2.40. The highest BCUT2D eigenvalue weighted by Crippen LogP contribution is 2.22. The molecular formula is C24H38N6O2S. The van der Waals surface area contributed by atoms with E-state index in [1.54, 1.807) is 13.1 Å². The van der Waals surface area contributed by atoms with Crippen LogP contribution in [0.25, 0.3) is 0 Å². The van der Waals surface area contributed by atoms with Crippen molar-refractivity contribution in [2.75, 3.05) is 11.9 Å². The topological polar surface area (TPSA) is 103 Å². The summed E-state index contributed by atoms with van der Waals surface area (Å²) in [6.45, 7) is 20.1. The Hall–Kier alpha value is -2.86. The second-order valence-electron chi connectivity index (χ2n) is 8.71. The predicted molar refractivity (Wildman–Crippen MR) is 136 cm³/mol. The molecule has 1 saturated heterocycles. The van der Waals surface area contributed by atoms with E-state index in [0.717, 1.165) is 23.5 Å². The minimum atomic E-state index is -0.536. The Morgan fingerprint density at radius 2 is 2.09 bits per heavy atom. The van der Waals surface area contributed by atoms with Crippen molar-refractivity contribution >= 4 is 28.8 Å². The number of nitrogens with one attached hydrogen (secondary N) is 2. The van der Waals surface area contributed by atoms with Crippen molar-refractivity contribution in [3.8, 4) is 6.07 Å². The Morgan fingerprint density at radius 3 is 2.64 bits per heavy atom. The normalized spacial score (nSPS) is 19.1. The molecule has 182 valence electrons. The fourth-order valence-corrected chi connectivity index (χ4v) is 3.91. The number of amides is 1. The number of rotatable bonds is 6. The van der Waals surface area contributed by atoms with Crippen molar-refractivity contribution in [3.63, 3.8) is 0 Å². The molecule has 8 nitrogen and oxygen atoms in total. The fraction of sp³-hybridized carbons (Fsp3) is 0.583. The summed E-state index contributed by atoms with van der Waals surface area (Å²) in [5.74, 6) is 0. The number of ether oxygens (including phenoxy) is 1. The monoisotopic (exact) mass is 474 g/mol. The molecule has 2 N–H and O–H groups in total. The number of alkyl carbamates (subject to hydrolysis) is 1. The van der Waals surface area contributed by atoms with Crippen molar-refractivity contribution in [1.29, 1.82) is 5.26 Å². The Morgan fingerprint density at radius 1 is 1.42 bits per heavy atom. The summed E-state index contributed by atoms with van der Waals surface area (Å²) in [7, 11) is 0. The maximum absolute atomic E-state index is 12.1. The highest BCUT2D eigenvalue weighted by molar-refractivity contribution is 7.10. The molecule has 0 aliphatic carbocycles. The van der Waals surface area contributed by atoms with E-state index in [4.69, 9.17) is 4.74 Å². The maximum Gasteiger partial charge on any atom is 0.407 e. The first-order valence-electron chi connectivity index (χ1n) is 11.3. The molecule has 1 fully saturated rings. The third kappa shape index (κ3) is 9.66. The fourth-order valence-electron chi connectivity index (χ4n) is 3.19. The third-order valence-corrected chi connectivity index (χ3v) is 5.51. The smallest absolute Gasteiger partial charge is 0.407 e. The van der Waals surface area contributed by atoms with Gasteiger partial charge in [-0.05, 0) is 72.0 Å². The van der Waals surface area contributed by atoms with Crippen LogP contribution < -0.4 is 10.6 Å². The summed E-state index contributed by atoms with van der Waals surface area (Å²) in [6.07, 6.45) is 2.95. The zero-order valence-corrected chi connectivity index (χ0v) is 22.0. The van der Waals surface area contributed by atoms with Gasteiger partial charge in [-0.25, -0.2) is 9.79 Å². The van der Waals surface area contributed by atoms with Gasteiger partial charge >= 0.3 is 6.09 Å². The van der Waals surface area contributed by atoms with Gasteiger partial charge in [0, 0.05) is 30.0 Å². The summed E-state index contributed by atoms with van der Waals surface area (Å²) in [4.78, 5) is 18.6. The number of likely N-dealkylation sites (tertiary alicyclic amines) is 1. The molecule has 0 saturated carbocycles. The van der Waals surface area contributed by atoms with Crippen LogP contribution in [0.3, 0.4) is 0 Å². The number of nitrogens with zero attached hydrogens (tertiary/aromatic N) is 4. The van der Waals surface area contributed by atoms with Crippen LogP contribution in [-0.4, -0.2) is 45.8 Å². The van der Waals surface area contributed by atoms with Crippen LogP contribution in [0.5, 0.6) is 0 Å². The van der Waals surface area contributed by atoms with E-state index < -0.39 is 11.7 Å². The van der Waals surface area contributed by atoms with Crippen molar-refractivity contribution in [1.82, 2.24) is 14.6 Å². The van der Waals surface area contributed by atoms with Crippen molar-refractivity contribution in [2.24, 2.45) is 4.99 Å². The molecule has 2 atom stereocenters. The van der Waals surface area contributed by atoms with E-state index in [2.05, 4.69) is 44.5 Å². The first-order chi connectivity index (χ1) is 15.5. The molecule has 0 spiro atoms. The molecular weight excluding hydrogens is 436 g/mol. The molecule has 1 aromatic rings. The zero-order chi connectivity index (χ0) is 25.2. The van der Waals surface area contributed by atoms with E-state index in [9.17, 15) is 10.1 Å². The molecule has 33 heavy (non-hydrogen) atoms. The lowest BCUT2D eigenvalue weighted by atomic mass is 9.99. The molecule has 0 bridgehead atoms. The molecule has 0 aromatic carbocycles. The number of aliphatic imine (C=N–C) groups is 1. The van der Waals surface area contributed by atoms with E-state index in [0.29, 0.717) is 17.9 Å². The molecule has 2 heterocycles. The minimum Gasteiger partial charge on any atom is -0.444 e. The summed E-state index contributed by atoms with van der Waals surface area (Å²) < 4.78 is 9.58. The van der Waals surface area contributed by atoms with E-state index in [1.165, 1.54) is 11.5 Å². The van der Waals surface area contributed by atoms with Gasteiger partial charge in [-0.1, -0.05) is 20.4 Å². The van der Waals surface area contributed by atoms with Crippen LogP contribution >= 0.6 is 11.5 Å². The number of anilines is 1. The van der Waals surface area contributed by atoms with Crippen molar-refractivity contribution in [3.05, 3.63) is 35.4 Å². The highest BCUT2D eigenvalue weighted by Gasteiger charge is 2.28. The summed E-state index contributed by atoms with van der Waals surface area (Å²) in [6, 6.07) is 4.25. The summed E-state index contributed by atoms with van der Waals surface area (Å²) in [5.41, 5.74) is 2.00. The van der Waals surface area contributed by atoms with Gasteiger partial charge < -0.3 is 20.3 Å². The highest BCUT2D eigenvalue weighted by atomic mass is 32.1. The van der Waals surface area contributed by atoms with Crippen LogP contribution in [0.15, 0.2) is 34.7 Å². The lowest BCUT2D eigenvalue weighted by Crippen LogP contribution is -2.51. The number of carbonyl (C=O) groups is 1. The molecule has 9 heteroatoms. The molecule has 1 amide bonds. The van der Waals surface area contributed by atoms with Crippen LogP contribution in [0.1, 0.15) is 67.0 Å². The number of aromatic nitrogens is 1. The largest absolute Gasteiger partial charge is 0.444 e. The number of nitriles is 1. The van der Waals surface area contributed by atoms with Gasteiger partial charge in [-0.15, -0.1) is 0 Å². The van der Waals surface area contributed by atoms with Crippen molar-refractivity contribution < 1.29 is 9.53 Å². The van der Waals surface area contributed by atoms with Crippen LogP contribution in [0.2, 0.25) is 0 Å². The van der Waals surface area contributed by atoms with Crippen LogP contribution in [-0.2, 0) is 4.74 Å². The number of aryl methyl sites for hydroxylation is 1. The summed E-state index contributed by atoms with van der Waals surface area (Å²) in [5, 5.41) is 16.5. The van der Waals surface area contributed by atoms with Gasteiger partial charge in [0.05, 0.1) is 11.9 Å². The molecule has 0 radical (unpaired) electrons. The zero-order valence-electron chi connectivity index (χ0n) is 21.2. The first kappa shape index (κ1) is 28.2. The Labute approximate surface area is 202 Å². The maximum atomic E-state index is 12.1. The third-order valence-electron chi connectivity index (χ3n) is 4.71. The SMILES string of the molecule is C=C(C=N/C(C#N)=C(\C)Nc1cc(C)ns1)N1CC(NC(=O)OC(C)(C)C)CCC1C.CC. The van der Waals surface area contributed by atoms with Gasteiger partial charge in [0.15, 0.2) is 5.70 Å². The van der Waals surface area contributed by atoms with Gasteiger partial charge in [-0.2, -0.15) is 9.64 Å². The number of carbonyl (C=O) groups excluding carboxylic acids is 1. The van der Waals surface area contributed by atoms with E-state index in [1.807, 2.05) is 47.6 Å². The Bertz CT molecular complexity index is 907.